The Morgan fingerprint density at radius 3 is 2.69 bits per heavy atom. The minimum absolute atomic E-state index is 0.0471. The molecule has 0 aliphatic carbocycles. The van der Waals surface area contributed by atoms with E-state index in [9.17, 15) is 4.79 Å². The summed E-state index contributed by atoms with van der Waals surface area (Å²) in [5.74, 6) is 0.744. The fourth-order valence-electron chi connectivity index (χ4n) is 4.35. The number of hydrogen-bond acceptors (Lipinski definition) is 11. The van der Waals surface area contributed by atoms with Crippen LogP contribution in [0.1, 0.15) is 46.6 Å². The zero-order valence-electron chi connectivity index (χ0n) is 21.5. The summed E-state index contributed by atoms with van der Waals surface area (Å²) < 4.78 is 17.7. The molecule has 13 heteroatoms. The zero-order chi connectivity index (χ0) is 27.0. The van der Waals surface area contributed by atoms with Gasteiger partial charge in [0.1, 0.15) is 6.61 Å². The molecule has 0 unspecified atom stereocenters. The molecule has 1 aliphatic heterocycles. The average molecular weight is 532 g/mol. The topological polar surface area (TPSA) is 159 Å². The molecule has 5 rings (SSSR count). The third kappa shape index (κ3) is 6.04. The lowest BCUT2D eigenvalue weighted by Crippen LogP contribution is -2.31. The molecule has 39 heavy (non-hydrogen) atoms. The number of nitrogens with zero attached hydrogens (tertiary/aromatic N) is 7. The van der Waals surface area contributed by atoms with Crippen molar-refractivity contribution in [3.63, 3.8) is 0 Å². The monoisotopic (exact) mass is 531 g/mol. The Balaban J connectivity index is 1.35. The van der Waals surface area contributed by atoms with Crippen molar-refractivity contribution >= 4 is 17.9 Å². The molecule has 0 saturated carbocycles. The Hall–Kier alpha value is -4.78. The highest BCUT2D eigenvalue weighted by atomic mass is 16.6. The van der Waals surface area contributed by atoms with E-state index in [1.807, 2.05) is 42.5 Å². The van der Waals surface area contributed by atoms with E-state index in [1.165, 1.54) is 17.3 Å². The van der Waals surface area contributed by atoms with Crippen LogP contribution >= 0.6 is 0 Å². The Morgan fingerprint density at radius 2 is 1.95 bits per heavy atom. The first-order chi connectivity index (χ1) is 19.1. The van der Waals surface area contributed by atoms with Gasteiger partial charge in [0, 0.05) is 12.1 Å². The molecule has 0 radical (unpaired) electrons. The summed E-state index contributed by atoms with van der Waals surface area (Å²) in [5.41, 5.74) is 10.7. The maximum atomic E-state index is 13.2. The average Bonchev–Trinajstić information content (AvgIpc) is 3.58. The Bertz CT molecular complexity index is 1430. The predicted molar refractivity (Wildman–Crippen MR) is 142 cm³/mol. The second-order valence-electron chi connectivity index (χ2n) is 8.96. The Kier molecular flexibility index (Phi) is 8.07. The van der Waals surface area contributed by atoms with E-state index in [1.54, 1.807) is 13.2 Å². The van der Waals surface area contributed by atoms with Crippen molar-refractivity contribution in [2.45, 2.75) is 32.4 Å². The largest absolute Gasteiger partial charge is 0.493 e. The molecule has 1 fully saturated rings. The number of benzene rings is 2. The number of hydrazone groups is 1. The molecule has 0 spiro atoms. The van der Waals surface area contributed by atoms with Crippen molar-refractivity contribution in [3.8, 4) is 17.3 Å². The van der Waals surface area contributed by atoms with Crippen molar-refractivity contribution < 1.29 is 18.9 Å². The lowest BCUT2D eigenvalue weighted by molar-refractivity contribution is 0.0947. The maximum Gasteiger partial charge on any atom is 0.293 e. The van der Waals surface area contributed by atoms with E-state index < -0.39 is 5.91 Å². The number of rotatable bonds is 10. The van der Waals surface area contributed by atoms with Crippen LogP contribution in [0.15, 0.2) is 58.3 Å². The second-order valence-corrected chi connectivity index (χ2v) is 8.96. The first-order valence-electron chi connectivity index (χ1n) is 12.6. The first-order valence-corrected chi connectivity index (χ1v) is 12.6. The number of amides is 1. The standard InChI is InChI=1S/C26H29N9O4/c1-37-21-12-8-11-19(23(21)38-17-18-9-4-2-5-10-18)15-28-30-26(36)22-20(16-34-13-6-3-7-14-34)35(33-29-22)25-24(27)31-39-32-25/h2,4-5,8-12,15H,3,6-7,13-14,16-17H2,1H3,(H2,27,31)(H,30,36)/b28-15-. The number of methoxy groups -OCH3 is 1. The molecule has 3 N–H and O–H groups in total. The highest BCUT2D eigenvalue weighted by Crippen LogP contribution is 2.31. The number of carbonyl (C=O) groups excluding carboxylic acids is 1. The highest BCUT2D eigenvalue weighted by Gasteiger charge is 2.26. The third-order valence-electron chi connectivity index (χ3n) is 6.32. The number of likely N-dealkylation sites (tertiary alicyclic amines) is 1. The van der Waals surface area contributed by atoms with Crippen LogP contribution in [0.2, 0.25) is 0 Å². The molecule has 2 aromatic heterocycles. The summed E-state index contributed by atoms with van der Waals surface area (Å²) in [6, 6.07) is 15.2. The highest BCUT2D eigenvalue weighted by molar-refractivity contribution is 5.94. The van der Waals surface area contributed by atoms with Gasteiger partial charge in [0.25, 0.3) is 5.91 Å². The first kappa shape index (κ1) is 25.9. The van der Waals surface area contributed by atoms with Crippen LogP contribution < -0.4 is 20.6 Å². The summed E-state index contributed by atoms with van der Waals surface area (Å²) in [6.45, 7) is 2.58. The number of anilines is 1. The number of nitrogens with one attached hydrogen (secondary N) is 1. The Labute approximate surface area is 224 Å². The van der Waals surface area contributed by atoms with E-state index in [-0.39, 0.29) is 17.3 Å². The lowest BCUT2D eigenvalue weighted by atomic mass is 10.1. The molecule has 0 bridgehead atoms. The molecule has 3 heterocycles. The summed E-state index contributed by atoms with van der Waals surface area (Å²) in [4.78, 5) is 15.4. The van der Waals surface area contributed by atoms with Gasteiger partial charge in [0.15, 0.2) is 17.2 Å². The van der Waals surface area contributed by atoms with Crippen LogP contribution in [-0.4, -0.2) is 62.5 Å². The molecular weight excluding hydrogens is 502 g/mol. The van der Waals surface area contributed by atoms with Gasteiger partial charge in [-0.3, -0.25) is 9.69 Å². The van der Waals surface area contributed by atoms with E-state index in [2.05, 4.69) is 36.1 Å². The lowest BCUT2D eigenvalue weighted by Gasteiger charge is -2.26. The minimum atomic E-state index is -0.533. The van der Waals surface area contributed by atoms with Crippen molar-refractivity contribution in [1.82, 2.24) is 35.6 Å². The normalized spacial score (nSPS) is 14.0. The van der Waals surface area contributed by atoms with Crippen molar-refractivity contribution in [2.75, 3.05) is 25.9 Å². The number of para-hydroxylation sites is 1. The Morgan fingerprint density at radius 1 is 1.13 bits per heavy atom. The minimum Gasteiger partial charge on any atom is -0.493 e. The quantitative estimate of drug-likeness (QED) is 0.230. The van der Waals surface area contributed by atoms with Crippen LogP contribution in [0.4, 0.5) is 5.82 Å². The fraction of sp³-hybridized carbons (Fsp3) is 0.308. The van der Waals surface area contributed by atoms with Crippen molar-refractivity contribution in [1.29, 1.82) is 0 Å². The van der Waals surface area contributed by atoms with Crippen LogP contribution in [0.5, 0.6) is 11.5 Å². The van der Waals surface area contributed by atoms with Crippen LogP contribution in [0, 0.1) is 0 Å². The number of ether oxygens (including phenoxy) is 2. The SMILES string of the molecule is COc1cccc(/C=N\NC(=O)c2nnn(-c3nonc3N)c2CN2CCCCC2)c1OCc1ccccc1. The zero-order valence-corrected chi connectivity index (χ0v) is 21.5. The number of aromatic nitrogens is 5. The van der Waals surface area contributed by atoms with Crippen molar-refractivity contribution in [3.05, 3.63) is 71.0 Å². The van der Waals surface area contributed by atoms with E-state index in [4.69, 9.17) is 19.8 Å². The van der Waals surface area contributed by atoms with Gasteiger partial charge in [-0.05, 0) is 53.9 Å². The van der Waals surface area contributed by atoms with Gasteiger partial charge in [-0.2, -0.15) is 9.78 Å². The second kappa shape index (κ2) is 12.2. The van der Waals surface area contributed by atoms with Crippen LogP contribution in [-0.2, 0) is 13.2 Å². The number of nitrogen functional groups attached to an aromatic ring is 1. The van der Waals surface area contributed by atoms with Crippen molar-refractivity contribution in [2.24, 2.45) is 5.10 Å². The molecule has 0 atom stereocenters. The molecule has 1 saturated heterocycles. The van der Waals surface area contributed by atoms with E-state index in [0.717, 1.165) is 31.5 Å². The summed E-state index contributed by atoms with van der Waals surface area (Å²) in [5, 5.41) is 19.8. The predicted octanol–water partition coefficient (Wildman–Crippen LogP) is 2.57. The van der Waals surface area contributed by atoms with E-state index >= 15 is 0 Å². The summed E-state index contributed by atoms with van der Waals surface area (Å²) in [7, 11) is 1.57. The molecule has 13 nitrogen and oxygen atoms in total. The smallest absolute Gasteiger partial charge is 0.293 e. The fourth-order valence-corrected chi connectivity index (χ4v) is 4.35. The number of carbonyl (C=O) groups is 1. The number of piperidine rings is 1. The number of nitrogens with two attached hydrogens (primary N) is 1. The molecule has 1 aliphatic rings. The molecule has 1 amide bonds. The van der Waals surface area contributed by atoms with Gasteiger partial charge < -0.3 is 15.2 Å². The molecule has 4 aromatic rings. The third-order valence-corrected chi connectivity index (χ3v) is 6.32. The van der Waals surface area contributed by atoms with Gasteiger partial charge in [-0.25, -0.2) is 10.1 Å². The van der Waals surface area contributed by atoms with Gasteiger partial charge in [-0.15, -0.1) is 5.10 Å². The van der Waals surface area contributed by atoms with Gasteiger partial charge in [-0.1, -0.05) is 48.0 Å². The van der Waals surface area contributed by atoms with Crippen LogP contribution in [0.3, 0.4) is 0 Å². The van der Waals surface area contributed by atoms with Gasteiger partial charge >= 0.3 is 0 Å². The van der Waals surface area contributed by atoms with Gasteiger partial charge in [0.05, 0.1) is 19.0 Å². The summed E-state index contributed by atoms with van der Waals surface area (Å²) in [6.07, 6.45) is 4.83. The molecular formula is C26H29N9O4. The van der Waals surface area contributed by atoms with E-state index in [0.29, 0.717) is 35.9 Å². The molecule has 2 aromatic carbocycles. The number of hydrogen-bond donors (Lipinski definition) is 2. The van der Waals surface area contributed by atoms with Gasteiger partial charge in [0.2, 0.25) is 11.6 Å². The maximum absolute atomic E-state index is 13.2. The van der Waals surface area contributed by atoms with Crippen LogP contribution in [0.25, 0.3) is 5.82 Å². The summed E-state index contributed by atoms with van der Waals surface area (Å²) >= 11 is 0. The molecule has 202 valence electrons.